The van der Waals surface area contributed by atoms with Gasteiger partial charge in [-0.3, -0.25) is 19.2 Å². The van der Waals surface area contributed by atoms with Crippen molar-refractivity contribution < 1.29 is 52.5 Å². The van der Waals surface area contributed by atoms with Crippen LogP contribution >= 0.6 is 0 Å². The molecular formula is C37H50O11Si. The molecule has 3 aliphatic carbocycles. The van der Waals surface area contributed by atoms with E-state index in [9.17, 15) is 24.3 Å². The fourth-order valence-electron chi connectivity index (χ4n) is 9.17. The fourth-order valence-corrected chi connectivity index (χ4v) is 12.1. The lowest BCUT2D eigenvalue weighted by molar-refractivity contribution is -0.343. The Morgan fingerprint density at radius 2 is 1.57 bits per heavy atom. The predicted octanol–water partition coefficient (Wildman–Crippen LogP) is 4.89. The highest BCUT2D eigenvalue weighted by molar-refractivity contribution is 6.73. The van der Waals surface area contributed by atoms with E-state index in [2.05, 4.69) is 20.8 Å². The first kappa shape index (κ1) is 37.1. The maximum absolute atomic E-state index is 15.6. The van der Waals surface area contributed by atoms with Crippen molar-refractivity contribution in [2.45, 2.75) is 129 Å². The molecule has 49 heavy (non-hydrogen) atoms. The van der Waals surface area contributed by atoms with Gasteiger partial charge in [-0.25, -0.2) is 4.79 Å². The maximum atomic E-state index is 15.6. The Bertz CT molecular complexity index is 1560. The van der Waals surface area contributed by atoms with E-state index in [1.165, 1.54) is 13.8 Å². The van der Waals surface area contributed by atoms with Crippen LogP contribution in [0.25, 0.3) is 0 Å². The Hall–Kier alpha value is -3.19. The van der Waals surface area contributed by atoms with Crippen LogP contribution in [0.5, 0.6) is 0 Å². The Labute approximate surface area is 289 Å². The summed E-state index contributed by atoms with van der Waals surface area (Å²) in [5.41, 5.74) is -6.36. The third-order valence-corrected chi connectivity index (χ3v) is 17.0. The van der Waals surface area contributed by atoms with Gasteiger partial charge in [-0.2, -0.15) is 0 Å². The van der Waals surface area contributed by atoms with E-state index in [0.29, 0.717) is 0 Å². The number of aliphatic hydroxyl groups is 1. The van der Waals surface area contributed by atoms with Gasteiger partial charge in [-0.15, -0.1) is 0 Å². The molecule has 1 aliphatic heterocycles. The third kappa shape index (κ3) is 5.53. The van der Waals surface area contributed by atoms with Gasteiger partial charge < -0.3 is 28.5 Å². The van der Waals surface area contributed by atoms with Gasteiger partial charge in [0.25, 0.3) is 0 Å². The van der Waals surface area contributed by atoms with Gasteiger partial charge in [-0.05, 0) is 55.3 Å². The first-order valence-corrected chi connectivity index (χ1v) is 19.8. The van der Waals surface area contributed by atoms with Crippen LogP contribution in [0.2, 0.25) is 18.1 Å². The van der Waals surface area contributed by atoms with Crippen molar-refractivity contribution in [3.05, 3.63) is 47.0 Å². The summed E-state index contributed by atoms with van der Waals surface area (Å²) >= 11 is 0. The first-order chi connectivity index (χ1) is 22.9. The normalized spacial score (nSPS) is 35.2. The van der Waals surface area contributed by atoms with E-state index >= 15 is 4.79 Å². The number of fused-ring (bicyclic) bond motifs is 5. The highest BCUT2D eigenvalue weighted by Gasteiger charge is 2.78. The molecule has 12 heteroatoms. The van der Waals surface area contributed by atoms with Crippen molar-refractivity contribution in [3.8, 4) is 0 Å². The molecule has 1 aromatic rings. The van der Waals surface area contributed by atoms with Crippen molar-refractivity contribution in [2.24, 2.45) is 16.7 Å². The summed E-state index contributed by atoms with van der Waals surface area (Å²) in [6.45, 7) is 15.0. The molecule has 1 heterocycles. The third-order valence-electron chi connectivity index (χ3n) is 12.3. The van der Waals surface area contributed by atoms with Crippen molar-refractivity contribution >= 4 is 37.8 Å². The summed E-state index contributed by atoms with van der Waals surface area (Å²) in [6.07, 6.45) is -5.14. The van der Waals surface area contributed by atoms with Gasteiger partial charge in [0.05, 0.1) is 29.6 Å². The highest BCUT2D eigenvalue weighted by atomic mass is 28.4. The summed E-state index contributed by atoms with van der Waals surface area (Å²) in [6, 6.07) is 10.5. The van der Waals surface area contributed by atoms with Crippen LogP contribution in [0.15, 0.2) is 41.5 Å². The number of ketones is 2. The number of hydrogen-bond acceptors (Lipinski definition) is 11. The molecule has 8 unspecified atom stereocenters. The second-order valence-electron chi connectivity index (χ2n) is 14.9. The second kappa shape index (κ2) is 12.8. The Balaban J connectivity index is 1.89. The average Bonchev–Trinajstić information content (AvgIpc) is 3.04. The average molecular weight is 699 g/mol. The van der Waals surface area contributed by atoms with Gasteiger partial charge in [0, 0.05) is 32.1 Å². The van der Waals surface area contributed by atoms with Crippen LogP contribution in [0, 0.1) is 16.7 Å². The van der Waals surface area contributed by atoms with Crippen LogP contribution in [-0.2, 0) is 42.6 Å². The molecule has 4 aliphatic rings. The van der Waals surface area contributed by atoms with Crippen LogP contribution in [0.1, 0.15) is 85.5 Å². The van der Waals surface area contributed by atoms with Gasteiger partial charge in [0.1, 0.15) is 17.8 Å². The standard InChI is InChI=1S/C37H50O11Si/c1-10-49(11-2,12-3)48-26-18-27-36(20-44-27,47-23(6)39)30-32(46-33(42)24-16-14-13-15-17-24)37(43)19-25(40)21(4)28(34(37,7)8)29(45-22(5)38)31(41)35(26,30)9/h13-17,26-27,29-30,32,43H,10-12,18-20H2,1-9H3. The van der Waals surface area contributed by atoms with Gasteiger partial charge in [0.2, 0.25) is 0 Å². The summed E-state index contributed by atoms with van der Waals surface area (Å²) in [5.74, 6) is -4.56. The van der Waals surface area contributed by atoms with Crippen LogP contribution < -0.4 is 0 Å². The van der Waals surface area contributed by atoms with Gasteiger partial charge in [-0.1, -0.05) is 52.8 Å². The molecular weight excluding hydrogens is 648 g/mol. The van der Waals surface area contributed by atoms with E-state index in [-0.39, 0.29) is 29.7 Å². The number of carbonyl (C=O) groups is 5. The molecule has 0 aromatic heterocycles. The number of allylic oxidation sites excluding steroid dienone is 1. The van der Waals surface area contributed by atoms with Crippen LogP contribution in [-0.4, -0.2) is 85.1 Å². The molecule has 1 N–H and O–H groups in total. The lowest BCUT2D eigenvalue weighted by Crippen LogP contribution is -2.82. The van der Waals surface area contributed by atoms with Gasteiger partial charge in [0.15, 0.2) is 31.6 Å². The lowest BCUT2D eigenvalue weighted by atomic mass is 9.44. The number of benzene rings is 1. The van der Waals surface area contributed by atoms with Crippen LogP contribution in [0.4, 0.5) is 0 Å². The summed E-state index contributed by atoms with van der Waals surface area (Å²) in [7, 11) is -2.49. The molecule has 0 radical (unpaired) electrons. The number of hydrogen-bond donors (Lipinski definition) is 1. The molecule has 2 bridgehead atoms. The minimum atomic E-state index is -2.49. The number of carbonyl (C=O) groups excluding carboxylic acids is 5. The summed E-state index contributed by atoms with van der Waals surface area (Å²) in [5, 5.41) is 13.2. The molecule has 0 amide bonds. The SMILES string of the molecule is CC[Si](CC)(CC)OC1CC2OCC2(OC(C)=O)C2C(OC(=O)c3ccccc3)C3(O)CC(=O)C(C)=C(C(OC(C)=O)C(=O)C12C)C3(C)C. The summed E-state index contributed by atoms with van der Waals surface area (Å²) in [4.78, 5) is 69.3. The lowest BCUT2D eigenvalue weighted by Gasteiger charge is -2.68. The van der Waals surface area contributed by atoms with E-state index in [1.807, 2.05) is 0 Å². The molecule has 8 atom stereocenters. The Kier molecular flexibility index (Phi) is 9.72. The van der Waals surface area contributed by atoms with E-state index < -0.39 is 96.6 Å². The van der Waals surface area contributed by atoms with Crippen molar-refractivity contribution in [2.75, 3.05) is 6.61 Å². The highest BCUT2D eigenvalue weighted by Crippen LogP contribution is 2.64. The monoisotopic (exact) mass is 698 g/mol. The van der Waals surface area contributed by atoms with E-state index in [1.54, 1.807) is 58.0 Å². The zero-order valence-corrected chi connectivity index (χ0v) is 31.0. The number of ether oxygens (including phenoxy) is 4. The maximum Gasteiger partial charge on any atom is 0.338 e. The largest absolute Gasteiger partial charge is 0.455 e. The topological polar surface area (TPSA) is 152 Å². The predicted molar refractivity (Wildman–Crippen MR) is 180 cm³/mol. The number of esters is 3. The number of Topliss-reactive ketones (excluding diaryl/α,β-unsaturated/α-hetero) is 2. The van der Waals surface area contributed by atoms with Crippen molar-refractivity contribution in [1.29, 1.82) is 0 Å². The number of rotatable bonds is 9. The van der Waals surface area contributed by atoms with Crippen LogP contribution in [0.3, 0.4) is 0 Å². The summed E-state index contributed by atoms with van der Waals surface area (Å²) < 4.78 is 31.7. The molecule has 268 valence electrons. The Morgan fingerprint density at radius 1 is 0.959 bits per heavy atom. The minimum Gasteiger partial charge on any atom is -0.455 e. The molecule has 0 spiro atoms. The smallest absolute Gasteiger partial charge is 0.338 e. The van der Waals surface area contributed by atoms with Crippen molar-refractivity contribution in [1.82, 2.24) is 0 Å². The zero-order chi connectivity index (χ0) is 36.3. The second-order valence-corrected chi connectivity index (χ2v) is 19.7. The molecule has 1 saturated heterocycles. The van der Waals surface area contributed by atoms with Gasteiger partial charge >= 0.3 is 17.9 Å². The molecule has 3 fully saturated rings. The van der Waals surface area contributed by atoms with E-state index in [0.717, 1.165) is 18.1 Å². The molecule has 11 nitrogen and oxygen atoms in total. The molecule has 2 saturated carbocycles. The minimum absolute atomic E-state index is 0.143. The van der Waals surface area contributed by atoms with Crippen molar-refractivity contribution in [3.63, 3.8) is 0 Å². The Morgan fingerprint density at radius 3 is 2.08 bits per heavy atom. The first-order valence-electron chi connectivity index (χ1n) is 17.3. The quantitative estimate of drug-likeness (QED) is 0.213. The molecule has 1 aromatic carbocycles. The van der Waals surface area contributed by atoms with E-state index in [4.69, 9.17) is 23.4 Å². The zero-order valence-electron chi connectivity index (χ0n) is 30.0. The fraction of sp³-hybridized carbons (Fsp3) is 0.649. The molecule has 5 rings (SSSR count).